The summed E-state index contributed by atoms with van der Waals surface area (Å²) < 4.78 is 13.5. The molecule has 0 spiro atoms. The van der Waals surface area contributed by atoms with Gasteiger partial charge in [-0.1, -0.05) is 6.07 Å². The highest BCUT2D eigenvalue weighted by Gasteiger charge is 2.30. The fourth-order valence-corrected chi connectivity index (χ4v) is 3.21. The summed E-state index contributed by atoms with van der Waals surface area (Å²) >= 11 is 0. The number of nitrogens with zero attached hydrogens (tertiary/aromatic N) is 2. The lowest BCUT2D eigenvalue weighted by molar-refractivity contribution is -0.126. The number of pyridine rings is 1. The fourth-order valence-electron chi connectivity index (χ4n) is 3.21. The van der Waals surface area contributed by atoms with Crippen LogP contribution in [0.4, 0.5) is 0 Å². The Hall–Kier alpha value is -1.92. The Morgan fingerprint density at radius 2 is 2.28 bits per heavy atom. The zero-order valence-corrected chi connectivity index (χ0v) is 14.4. The minimum absolute atomic E-state index is 0.0199. The van der Waals surface area contributed by atoms with Crippen LogP contribution in [0.3, 0.4) is 0 Å². The first-order valence-corrected chi connectivity index (χ1v) is 9.19. The van der Waals surface area contributed by atoms with E-state index < -0.39 is 0 Å². The van der Waals surface area contributed by atoms with Crippen LogP contribution in [0.15, 0.2) is 30.6 Å². The molecule has 0 bridgehead atoms. The third kappa shape index (κ3) is 4.38. The van der Waals surface area contributed by atoms with Gasteiger partial charge in [0, 0.05) is 32.0 Å². The number of carbonyl (C=O) groups is 1. The third-order valence-electron chi connectivity index (χ3n) is 4.92. The van der Waals surface area contributed by atoms with E-state index in [2.05, 4.69) is 10.3 Å². The van der Waals surface area contributed by atoms with Gasteiger partial charge >= 0.3 is 0 Å². The first kappa shape index (κ1) is 16.5. The summed E-state index contributed by atoms with van der Waals surface area (Å²) in [5.74, 6) is 0.775. The number of amides is 1. The molecular weight excluding hydrogens is 318 g/mol. The Morgan fingerprint density at radius 3 is 3.12 bits per heavy atom. The minimum Gasteiger partial charge on any atom is -0.379 e. The number of fused-ring (bicyclic) bond motifs is 1. The highest BCUT2D eigenvalue weighted by molar-refractivity contribution is 5.76. The monoisotopic (exact) mass is 343 g/mol. The highest BCUT2D eigenvalue weighted by atomic mass is 16.5. The molecule has 1 amide bonds. The molecule has 1 aliphatic carbocycles. The molecule has 6 heteroatoms. The lowest BCUT2D eigenvalue weighted by Crippen LogP contribution is -2.50. The molecule has 0 unspecified atom stereocenters. The van der Waals surface area contributed by atoms with Crippen molar-refractivity contribution in [3.05, 3.63) is 36.3 Å². The van der Waals surface area contributed by atoms with E-state index in [-0.39, 0.29) is 18.1 Å². The zero-order chi connectivity index (χ0) is 17.1. The number of hydrogen-bond donors (Lipinski definition) is 1. The summed E-state index contributed by atoms with van der Waals surface area (Å²) in [5, 5.41) is 3.14. The molecule has 3 heterocycles. The standard InChI is InChI=1S/C19H25N3O3/c23-19(7-6-15-11-22-9-2-1-3-18(22)20-15)21-16-8-10-24-13-17(16)25-12-14-4-5-14/h1-3,9,11,14,16-17H,4-8,10,12-13H2,(H,21,23)/t16-,17-/m1/s1. The molecule has 0 aromatic carbocycles. The van der Waals surface area contributed by atoms with Crippen LogP contribution in [0.1, 0.15) is 31.4 Å². The molecule has 1 N–H and O–H groups in total. The van der Waals surface area contributed by atoms with Gasteiger partial charge in [0.15, 0.2) is 0 Å². The number of aromatic nitrogens is 2. The molecule has 134 valence electrons. The van der Waals surface area contributed by atoms with Gasteiger partial charge in [0.05, 0.1) is 18.3 Å². The van der Waals surface area contributed by atoms with Crippen LogP contribution in [-0.4, -0.2) is 47.3 Å². The summed E-state index contributed by atoms with van der Waals surface area (Å²) in [6, 6.07) is 5.96. The molecule has 2 aromatic rings. The normalized spacial score (nSPS) is 23.7. The Bertz CT molecular complexity index is 693. The van der Waals surface area contributed by atoms with Gasteiger partial charge < -0.3 is 19.2 Å². The van der Waals surface area contributed by atoms with Gasteiger partial charge in [-0.05, 0) is 43.7 Å². The van der Waals surface area contributed by atoms with E-state index in [1.165, 1.54) is 12.8 Å². The molecule has 0 radical (unpaired) electrons. The Balaban J connectivity index is 1.27. The van der Waals surface area contributed by atoms with Gasteiger partial charge in [-0.25, -0.2) is 4.98 Å². The average Bonchev–Trinajstić information content (AvgIpc) is 3.36. The number of rotatable bonds is 7. The van der Waals surface area contributed by atoms with Crippen LogP contribution >= 0.6 is 0 Å². The number of nitrogens with one attached hydrogen (secondary N) is 1. The van der Waals surface area contributed by atoms with Crippen molar-refractivity contribution in [2.24, 2.45) is 5.92 Å². The molecule has 2 fully saturated rings. The summed E-state index contributed by atoms with van der Waals surface area (Å²) in [6.07, 6.45) is 8.37. The molecule has 2 aliphatic rings. The lowest BCUT2D eigenvalue weighted by Gasteiger charge is -2.32. The van der Waals surface area contributed by atoms with Crippen LogP contribution in [-0.2, 0) is 20.7 Å². The zero-order valence-electron chi connectivity index (χ0n) is 14.4. The largest absolute Gasteiger partial charge is 0.379 e. The predicted molar refractivity (Wildman–Crippen MR) is 93.3 cm³/mol. The summed E-state index contributed by atoms with van der Waals surface area (Å²) in [4.78, 5) is 16.9. The van der Waals surface area contributed by atoms with E-state index in [0.29, 0.717) is 32.0 Å². The lowest BCUT2D eigenvalue weighted by atomic mass is 10.1. The van der Waals surface area contributed by atoms with Gasteiger partial charge in [-0.3, -0.25) is 4.79 Å². The van der Waals surface area contributed by atoms with E-state index in [0.717, 1.165) is 24.4 Å². The Kier molecular flexibility index (Phi) is 4.99. The van der Waals surface area contributed by atoms with E-state index in [4.69, 9.17) is 9.47 Å². The van der Waals surface area contributed by atoms with Crippen LogP contribution in [0.25, 0.3) is 5.65 Å². The smallest absolute Gasteiger partial charge is 0.220 e. The van der Waals surface area contributed by atoms with Crippen molar-refractivity contribution in [2.75, 3.05) is 19.8 Å². The molecule has 2 atom stereocenters. The van der Waals surface area contributed by atoms with Gasteiger partial charge in [0.25, 0.3) is 0 Å². The van der Waals surface area contributed by atoms with Gasteiger partial charge in [-0.15, -0.1) is 0 Å². The van der Waals surface area contributed by atoms with Crippen molar-refractivity contribution in [1.82, 2.24) is 14.7 Å². The predicted octanol–water partition coefficient (Wildman–Crippen LogP) is 1.97. The molecule has 2 aromatic heterocycles. The number of aryl methyl sites for hydroxylation is 1. The maximum Gasteiger partial charge on any atom is 0.220 e. The first-order valence-electron chi connectivity index (χ1n) is 9.19. The van der Waals surface area contributed by atoms with Crippen molar-refractivity contribution >= 4 is 11.6 Å². The minimum atomic E-state index is -0.0199. The summed E-state index contributed by atoms with van der Waals surface area (Å²) in [5.41, 5.74) is 1.85. The van der Waals surface area contributed by atoms with Crippen LogP contribution < -0.4 is 5.32 Å². The number of ether oxygens (including phenoxy) is 2. The molecule has 6 nitrogen and oxygen atoms in total. The molecule has 1 aliphatic heterocycles. The van der Waals surface area contributed by atoms with Gasteiger partial charge in [-0.2, -0.15) is 0 Å². The summed E-state index contributed by atoms with van der Waals surface area (Å²) in [7, 11) is 0. The van der Waals surface area contributed by atoms with Gasteiger partial charge in [0.1, 0.15) is 11.8 Å². The third-order valence-corrected chi connectivity index (χ3v) is 4.92. The van der Waals surface area contributed by atoms with Crippen LogP contribution in [0.2, 0.25) is 0 Å². The maximum atomic E-state index is 12.4. The average molecular weight is 343 g/mol. The molecular formula is C19H25N3O3. The second kappa shape index (κ2) is 7.54. The molecule has 1 saturated heterocycles. The highest BCUT2D eigenvalue weighted by Crippen LogP contribution is 2.29. The molecule has 1 saturated carbocycles. The van der Waals surface area contributed by atoms with Gasteiger partial charge in [0.2, 0.25) is 5.91 Å². The topological polar surface area (TPSA) is 64.9 Å². The molecule has 4 rings (SSSR count). The second-order valence-electron chi connectivity index (χ2n) is 7.05. The Morgan fingerprint density at radius 1 is 1.36 bits per heavy atom. The van der Waals surface area contributed by atoms with Crippen LogP contribution in [0, 0.1) is 5.92 Å². The van der Waals surface area contributed by atoms with Crippen LogP contribution in [0.5, 0.6) is 0 Å². The number of imidazole rings is 1. The van der Waals surface area contributed by atoms with E-state index in [1.54, 1.807) is 0 Å². The maximum absolute atomic E-state index is 12.4. The van der Waals surface area contributed by atoms with Crippen molar-refractivity contribution < 1.29 is 14.3 Å². The second-order valence-corrected chi connectivity index (χ2v) is 7.05. The SMILES string of the molecule is O=C(CCc1cn2ccccc2n1)N[C@@H]1CCOC[C@H]1OCC1CC1. The quantitative estimate of drug-likeness (QED) is 0.835. The van der Waals surface area contributed by atoms with Crippen molar-refractivity contribution in [3.8, 4) is 0 Å². The summed E-state index contributed by atoms with van der Waals surface area (Å²) in [6.45, 7) is 2.05. The van der Waals surface area contributed by atoms with E-state index in [9.17, 15) is 4.79 Å². The van der Waals surface area contributed by atoms with Crippen molar-refractivity contribution in [2.45, 2.75) is 44.2 Å². The first-order chi connectivity index (χ1) is 12.3. The Labute approximate surface area is 147 Å². The molecule has 25 heavy (non-hydrogen) atoms. The van der Waals surface area contributed by atoms with Crippen molar-refractivity contribution in [3.63, 3.8) is 0 Å². The van der Waals surface area contributed by atoms with E-state index >= 15 is 0 Å². The van der Waals surface area contributed by atoms with Crippen molar-refractivity contribution in [1.29, 1.82) is 0 Å². The van der Waals surface area contributed by atoms with E-state index in [1.807, 2.05) is 35.0 Å². The number of hydrogen-bond acceptors (Lipinski definition) is 4. The fraction of sp³-hybridized carbons (Fsp3) is 0.579. The number of carbonyl (C=O) groups excluding carboxylic acids is 1.